The SMILES string of the molecule is Cn1nnnc1SC/C=C/CSc1nnnn1C. The molecular weight excluding hydrogens is 272 g/mol. The molecule has 8 nitrogen and oxygen atoms in total. The first-order chi connectivity index (χ1) is 8.77. The fourth-order valence-electron chi connectivity index (χ4n) is 1.07. The van der Waals surface area contributed by atoms with Crippen molar-refractivity contribution in [1.29, 1.82) is 0 Å². The lowest BCUT2D eigenvalue weighted by atomic mass is 10.6. The highest BCUT2D eigenvalue weighted by Crippen LogP contribution is 2.14. The number of aryl methyl sites for hydroxylation is 2. The summed E-state index contributed by atoms with van der Waals surface area (Å²) in [4.78, 5) is 0. The Hall–Kier alpha value is -1.42. The van der Waals surface area contributed by atoms with Crippen LogP contribution < -0.4 is 0 Å². The maximum Gasteiger partial charge on any atom is 0.209 e. The molecule has 2 rings (SSSR count). The standard InChI is InChI=1S/C8H12N8S2/c1-15-7(9-11-13-15)17-5-3-4-6-18-8-10-12-14-16(8)2/h3-4H,5-6H2,1-2H3/b4-3+. The van der Waals surface area contributed by atoms with E-state index < -0.39 is 0 Å². The highest BCUT2D eigenvalue weighted by Gasteiger charge is 2.01. The molecule has 0 N–H and O–H groups in total. The van der Waals surface area contributed by atoms with Crippen molar-refractivity contribution in [3.63, 3.8) is 0 Å². The third-order valence-corrected chi connectivity index (χ3v) is 3.87. The molecule has 0 radical (unpaired) electrons. The van der Waals surface area contributed by atoms with Gasteiger partial charge in [0.15, 0.2) is 0 Å². The van der Waals surface area contributed by atoms with E-state index in [0.717, 1.165) is 21.8 Å². The lowest BCUT2D eigenvalue weighted by molar-refractivity contribution is 0.665. The molecule has 0 aliphatic carbocycles. The van der Waals surface area contributed by atoms with Gasteiger partial charge in [-0.2, -0.15) is 0 Å². The van der Waals surface area contributed by atoms with Crippen molar-refractivity contribution in [1.82, 2.24) is 40.4 Å². The number of tetrazole rings is 2. The number of rotatable bonds is 6. The van der Waals surface area contributed by atoms with Crippen LogP contribution in [0.1, 0.15) is 0 Å². The molecule has 2 aromatic rings. The zero-order chi connectivity index (χ0) is 12.8. The van der Waals surface area contributed by atoms with E-state index >= 15 is 0 Å². The molecule has 0 aliphatic rings. The topological polar surface area (TPSA) is 87.2 Å². The summed E-state index contributed by atoms with van der Waals surface area (Å²) in [6, 6.07) is 0. The van der Waals surface area contributed by atoms with Gasteiger partial charge < -0.3 is 0 Å². The van der Waals surface area contributed by atoms with E-state index in [1.165, 1.54) is 0 Å². The molecule has 0 saturated carbocycles. The largest absolute Gasteiger partial charge is 0.224 e. The normalized spacial score (nSPS) is 11.4. The molecule has 2 heterocycles. The maximum atomic E-state index is 3.88. The molecule has 18 heavy (non-hydrogen) atoms. The maximum absolute atomic E-state index is 3.88. The van der Waals surface area contributed by atoms with Crippen LogP contribution in [0.2, 0.25) is 0 Å². The smallest absolute Gasteiger partial charge is 0.209 e. The first-order valence-electron chi connectivity index (χ1n) is 5.12. The summed E-state index contributed by atoms with van der Waals surface area (Å²) in [5.41, 5.74) is 0. The number of hydrogen-bond donors (Lipinski definition) is 0. The van der Waals surface area contributed by atoms with Gasteiger partial charge in [0.2, 0.25) is 10.3 Å². The minimum atomic E-state index is 0.810. The predicted molar refractivity (Wildman–Crippen MR) is 68.2 cm³/mol. The van der Waals surface area contributed by atoms with Gasteiger partial charge in [-0.25, -0.2) is 9.36 Å². The van der Waals surface area contributed by atoms with Crippen molar-refractivity contribution in [2.24, 2.45) is 14.1 Å². The van der Waals surface area contributed by atoms with Crippen LogP contribution in [-0.4, -0.2) is 51.9 Å². The van der Waals surface area contributed by atoms with E-state index in [4.69, 9.17) is 0 Å². The summed E-state index contributed by atoms with van der Waals surface area (Å²) >= 11 is 3.18. The minimum Gasteiger partial charge on any atom is -0.224 e. The van der Waals surface area contributed by atoms with Crippen LogP contribution in [0.25, 0.3) is 0 Å². The average Bonchev–Trinajstić information content (AvgIpc) is 2.94. The van der Waals surface area contributed by atoms with Crippen LogP contribution in [0.5, 0.6) is 0 Å². The Morgan fingerprint density at radius 3 is 1.67 bits per heavy atom. The van der Waals surface area contributed by atoms with Gasteiger partial charge >= 0.3 is 0 Å². The highest BCUT2D eigenvalue weighted by molar-refractivity contribution is 7.99. The second-order valence-corrected chi connectivity index (χ2v) is 5.24. The van der Waals surface area contributed by atoms with Crippen molar-refractivity contribution >= 4 is 23.5 Å². The number of thioether (sulfide) groups is 2. The van der Waals surface area contributed by atoms with Crippen molar-refractivity contribution in [2.75, 3.05) is 11.5 Å². The third-order valence-electron chi connectivity index (χ3n) is 1.95. The van der Waals surface area contributed by atoms with Gasteiger partial charge in [-0.1, -0.05) is 35.7 Å². The van der Waals surface area contributed by atoms with Gasteiger partial charge in [-0.3, -0.25) is 0 Å². The summed E-state index contributed by atoms with van der Waals surface area (Å²) in [7, 11) is 3.64. The molecule has 0 aromatic carbocycles. The monoisotopic (exact) mass is 284 g/mol. The van der Waals surface area contributed by atoms with Crippen LogP contribution in [-0.2, 0) is 14.1 Å². The van der Waals surface area contributed by atoms with Gasteiger partial charge in [-0.05, 0) is 20.9 Å². The molecule has 0 bridgehead atoms. The Morgan fingerprint density at radius 1 is 0.889 bits per heavy atom. The summed E-state index contributed by atoms with van der Waals surface area (Å²) in [6.07, 6.45) is 4.16. The van der Waals surface area contributed by atoms with Crippen molar-refractivity contribution in [2.45, 2.75) is 10.3 Å². The zero-order valence-corrected chi connectivity index (χ0v) is 11.6. The van der Waals surface area contributed by atoms with E-state index in [9.17, 15) is 0 Å². The molecule has 0 unspecified atom stereocenters. The lowest BCUT2D eigenvalue weighted by Crippen LogP contribution is -1.93. The van der Waals surface area contributed by atoms with Crippen molar-refractivity contribution < 1.29 is 0 Å². The molecule has 2 aromatic heterocycles. The van der Waals surface area contributed by atoms with Crippen molar-refractivity contribution in [3.8, 4) is 0 Å². The van der Waals surface area contributed by atoms with Crippen LogP contribution in [0.3, 0.4) is 0 Å². The molecular formula is C8H12N8S2. The molecule has 10 heteroatoms. The summed E-state index contributed by atoms with van der Waals surface area (Å²) < 4.78 is 3.30. The van der Waals surface area contributed by atoms with E-state index in [-0.39, 0.29) is 0 Å². The van der Waals surface area contributed by atoms with E-state index in [2.05, 4.69) is 43.2 Å². The molecule has 0 saturated heterocycles. The van der Waals surface area contributed by atoms with Crippen LogP contribution in [0.15, 0.2) is 22.5 Å². The Bertz CT molecular complexity index is 472. The van der Waals surface area contributed by atoms with Crippen LogP contribution >= 0.6 is 23.5 Å². The Morgan fingerprint density at radius 2 is 1.33 bits per heavy atom. The number of nitrogens with zero attached hydrogens (tertiary/aromatic N) is 8. The molecule has 0 spiro atoms. The second kappa shape index (κ2) is 6.50. The highest BCUT2D eigenvalue weighted by atomic mass is 32.2. The average molecular weight is 284 g/mol. The molecule has 0 atom stereocenters. The zero-order valence-electron chi connectivity index (χ0n) is 9.96. The first-order valence-corrected chi connectivity index (χ1v) is 7.10. The lowest BCUT2D eigenvalue weighted by Gasteiger charge is -1.95. The van der Waals surface area contributed by atoms with E-state index in [0.29, 0.717) is 0 Å². The Balaban J connectivity index is 1.67. The predicted octanol–water partition coefficient (Wildman–Crippen LogP) is 0.174. The minimum absolute atomic E-state index is 0.810. The van der Waals surface area contributed by atoms with Crippen molar-refractivity contribution in [3.05, 3.63) is 12.2 Å². The van der Waals surface area contributed by atoms with Gasteiger partial charge in [0.05, 0.1) is 0 Å². The number of hydrogen-bond acceptors (Lipinski definition) is 8. The first kappa shape index (κ1) is 13.0. The quantitative estimate of drug-likeness (QED) is 0.548. The fraction of sp³-hybridized carbons (Fsp3) is 0.500. The van der Waals surface area contributed by atoms with Crippen LogP contribution in [0.4, 0.5) is 0 Å². The summed E-state index contributed by atoms with van der Waals surface area (Å²) in [5.74, 6) is 1.68. The molecule has 96 valence electrons. The van der Waals surface area contributed by atoms with Gasteiger partial charge in [0.1, 0.15) is 0 Å². The summed E-state index contributed by atoms with van der Waals surface area (Å²) in [6.45, 7) is 0. The van der Waals surface area contributed by atoms with Gasteiger partial charge in [0, 0.05) is 25.6 Å². The van der Waals surface area contributed by atoms with E-state index in [1.54, 1.807) is 32.9 Å². The molecule has 0 aliphatic heterocycles. The fourth-order valence-corrected chi connectivity index (χ4v) is 2.47. The van der Waals surface area contributed by atoms with Crippen LogP contribution in [0, 0.1) is 0 Å². The molecule has 0 amide bonds. The Kier molecular flexibility index (Phi) is 4.70. The molecule has 0 fully saturated rings. The summed E-state index contributed by atoms with van der Waals surface area (Å²) in [5, 5.41) is 24.0. The second-order valence-electron chi connectivity index (χ2n) is 3.26. The third kappa shape index (κ3) is 3.53. The number of aromatic nitrogens is 8. The van der Waals surface area contributed by atoms with Gasteiger partial charge in [-0.15, -0.1) is 10.2 Å². The Labute approximate surface area is 112 Å². The van der Waals surface area contributed by atoms with Gasteiger partial charge in [0.25, 0.3) is 0 Å². The van der Waals surface area contributed by atoms with E-state index in [1.807, 2.05) is 14.1 Å².